The molecule has 0 heterocycles. The first kappa shape index (κ1) is 15.8. The Morgan fingerprint density at radius 3 is 2.18 bits per heavy atom. The van der Waals surface area contributed by atoms with Crippen molar-refractivity contribution in [1.82, 2.24) is 0 Å². The maximum Gasteiger partial charge on any atom is 0.338 e. The average molecular weight is 298 g/mol. The first-order valence-electron chi connectivity index (χ1n) is 6.99. The summed E-state index contributed by atoms with van der Waals surface area (Å²) < 4.78 is 10.5. The monoisotopic (exact) mass is 298 g/mol. The van der Waals surface area contributed by atoms with E-state index in [1.54, 1.807) is 24.3 Å². The molecule has 2 rings (SSSR count). The van der Waals surface area contributed by atoms with E-state index < -0.39 is 5.97 Å². The number of esters is 1. The zero-order valence-corrected chi connectivity index (χ0v) is 12.7. The minimum absolute atomic E-state index is 0.184. The Kier molecular flexibility index (Phi) is 5.31. The van der Waals surface area contributed by atoms with E-state index in [2.05, 4.69) is 0 Å². The summed E-state index contributed by atoms with van der Waals surface area (Å²) in [5, 5.41) is 0. The molecule has 0 unspecified atom stereocenters. The fourth-order valence-electron chi connectivity index (χ4n) is 1.79. The van der Waals surface area contributed by atoms with Crippen LogP contribution in [0.1, 0.15) is 28.4 Å². The summed E-state index contributed by atoms with van der Waals surface area (Å²) in [5.74, 6) is 0.119. The lowest BCUT2D eigenvalue weighted by atomic mass is 10.1. The van der Waals surface area contributed by atoms with Crippen LogP contribution in [0.4, 0.5) is 0 Å². The minimum atomic E-state index is -0.499. The molecule has 4 nitrogen and oxygen atoms in total. The molecule has 2 aromatic carbocycles. The highest BCUT2D eigenvalue weighted by Gasteiger charge is 2.08. The second kappa shape index (κ2) is 7.41. The number of benzene rings is 2. The van der Waals surface area contributed by atoms with Crippen LogP contribution in [-0.2, 0) is 16.1 Å². The van der Waals surface area contributed by atoms with E-state index in [0.29, 0.717) is 12.2 Å². The van der Waals surface area contributed by atoms with Gasteiger partial charge in [-0.2, -0.15) is 0 Å². The lowest BCUT2D eigenvalue weighted by Gasteiger charge is -2.07. The van der Waals surface area contributed by atoms with Crippen LogP contribution in [0.25, 0.3) is 0 Å². The van der Waals surface area contributed by atoms with Crippen molar-refractivity contribution in [2.24, 2.45) is 0 Å². The Labute approximate surface area is 129 Å². The third kappa shape index (κ3) is 4.74. The molecule has 2 aromatic rings. The number of ketones is 1. The Hall–Kier alpha value is -2.62. The van der Waals surface area contributed by atoms with Crippen molar-refractivity contribution in [3.05, 3.63) is 65.2 Å². The molecule has 0 N–H and O–H groups in total. The number of aryl methyl sites for hydroxylation is 1. The third-order valence-electron chi connectivity index (χ3n) is 3.02. The lowest BCUT2D eigenvalue weighted by Crippen LogP contribution is -2.11. The van der Waals surface area contributed by atoms with Crippen LogP contribution in [0.2, 0.25) is 0 Å². The molecule has 0 fully saturated rings. The van der Waals surface area contributed by atoms with Gasteiger partial charge in [-0.3, -0.25) is 4.79 Å². The summed E-state index contributed by atoms with van der Waals surface area (Å²) in [6, 6.07) is 14.8. The van der Waals surface area contributed by atoms with Gasteiger partial charge in [-0.1, -0.05) is 29.8 Å². The molecular formula is C18H18O4. The fraction of sp³-hybridized carbons (Fsp3) is 0.222. The van der Waals surface area contributed by atoms with Gasteiger partial charge in [-0.05, 0) is 43.7 Å². The molecule has 4 heteroatoms. The largest absolute Gasteiger partial charge is 0.489 e. The van der Waals surface area contributed by atoms with E-state index in [1.165, 1.54) is 12.5 Å². The van der Waals surface area contributed by atoms with Crippen LogP contribution in [0.3, 0.4) is 0 Å². The maximum absolute atomic E-state index is 11.7. The predicted octanol–water partition coefficient (Wildman–Crippen LogP) is 3.32. The molecule has 0 aliphatic rings. The number of carbonyl (C=O) groups is 2. The summed E-state index contributed by atoms with van der Waals surface area (Å²) in [5.41, 5.74) is 2.55. The second-order valence-electron chi connectivity index (χ2n) is 5.08. The van der Waals surface area contributed by atoms with Crippen LogP contribution in [0.5, 0.6) is 5.75 Å². The molecule has 0 aliphatic carbocycles. The smallest absolute Gasteiger partial charge is 0.338 e. The number of ether oxygens (including phenoxy) is 2. The predicted molar refractivity (Wildman–Crippen MR) is 82.9 cm³/mol. The highest BCUT2D eigenvalue weighted by Crippen LogP contribution is 2.14. The molecule has 0 aromatic heterocycles. The van der Waals surface area contributed by atoms with Crippen LogP contribution in [0.15, 0.2) is 48.5 Å². The molecule has 114 valence electrons. The van der Waals surface area contributed by atoms with Crippen LogP contribution in [-0.4, -0.2) is 18.4 Å². The molecule has 0 spiro atoms. The molecule has 0 amide bonds. The summed E-state index contributed by atoms with van der Waals surface area (Å²) in [6.07, 6.45) is 0. The Balaban J connectivity index is 1.90. The van der Waals surface area contributed by atoms with Crippen LogP contribution >= 0.6 is 0 Å². The summed E-state index contributed by atoms with van der Waals surface area (Å²) in [6.45, 7) is 3.62. The fourth-order valence-corrected chi connectivity index (χ4v) is 1.79. The second-order valence-corrected chi connectivity index (χ2v) is 5.08. The molecule has 0 atom stereocenters. The van der Waals surface area contributed by atoms with Gasteiger partial charge in [-0.15, -0.1) is 0 Å². The standard InChI is InChI=1S/C18H18O4/c1-13-3-9-17(10-4-13)21-12-15-5-7-16(8-6-15)18(20)22-11-14(2)19/h3-10H,11-12H2,1-2H3. The SMILES string of the molecule is CC(=O)COC(=O)c1ccc(COc2ccc(C)cc2)cc1. The van der Waals surface area contributed by atoms with Gasteiger partial charge < -0.3 is 9.47 Å². The normalized spacial score (nSPS) is 10.1. The van der Waals surface area contributed by atoms with Crippen molar-refractivity contribution in [3.63, 3.8) is 0 Å². The van der Waals surface area contributed by atoms with E-state index in [1.807, 2.05) is 31.2 Å². The van der Waals surface area contributed by atoms with Gasteiger partial charge in [0.15, 0.2) is 5.78 Å². The quantitative estimate of drug-likeness (QED) is 0.768. The minimum Gasteiger partial charge on any atom is -0.489 e. The summed E-state index contributed by atoms with van der Waals surface area (Å²) in [4.78, 5) is 22.4. The van der Waals surface area contributed by atoms with E-state index in [-0.39, 0.29) is 12.4 Å². The van der Waals surface area contributed by atoms with Gasteiger partial charge in [0.1, 0.15) is 19.0 Å². The van der Waals surface area contributed by atoms with Crippen molar-refractivity contribution in [3.8, 4) is 5.75 Å². The lowest BCUT2D eigenvalue weighted by molar-refractivity contribution is -0.120. The summed E-state index contributed by atoms with van der Waals surface area (Å²) >= 11 is 0. The van der Waals surface area contributed by atoms with Gasteiger partial charge in [0.2, 0.25) is 0 Å². The number of carbonyl (C=O) groups excluding carboxylic acids is 2. The average Bonchev–Trinajstić information content (AvgIpc) is 2.52. The molecule has 0 saturated heterocycles. The molecule has 22 heavy (non-hydrogen) atoms. The van der Waals surface area contributed by atoms with Crippen LogP contribution < -0.4 is 4.74 Å². The van der Waals surface area contributed by atoms with Crippen molar-refractivity contribution in [2.75, 3.05) is 6.61 Å². The van der Waals surface area contributed by atoms with E-state index in [0.717, 1.165) is 11.3 Å². The molecule has 0 aliphatic heterocycles. The topological polar surface area (TPSA) is 52.6 Å². The maximum atomic E-state index is 11.7. The summed E-state index contributed by atoms with van der Waals surface area (Å²) in [7, 11) is 0. The number of rotatable bonds is 6. The first-order valence-corrected chi connectivity index (χ1v) is 6.99. The first-order chi connectivity index (χ1) is 10.5. The van der Waals surface area contributed by atoms with E-state index in [4.69, 9.17) is 9.47 Å². The Morgan fingerprint density at radius 1 is 0.955 bits per heavy atom. The third-order valence-corrected chi connectivity index (χ3v) is 3.02. The van der Waals surface area contributed by atoms with Gasteiger partial charge >= 0.3 is 5.97 Å². The zero-order valence-electron chi connectivity index (χ0n) is 12.7. The van der Waals surface area contributed by atoms with Crippen molar-refractivity contribution < 1.29 is 19.1 Å². The zero-order chi connectivity index (χ0) is 15.9. The highest BCUT2D eigenvalue weighted by molar-refractivity contribution is 5.91. The van der Waals surface area contributed by atoms with Gasteiger partial charge in [0.05, 0.1) is 5.56 Å². The van der Waals surface area contributed by atoms with E-state index >= 15 is 0 Å². The molecule has 0 saturated carbocycles. The molecule has 0 radical (unpaired) electrons. The van der Waals surface area contributed by atoms with Gasteiger partial charge in [-0.25, -0.2) is 4.79 Å². The van der Waals surface area contributed by atoms with Gasteiger partial charge in [0.25, 0.3) is 0 Å². The van der Waals surface area contributed by atoms with Crippen molar-refractivity contribution in [1.29, 1.82) is 0 Å². The highest BCUT2D eigenvalue weighted by atomic mass is 16.5. The Morgan fingerprint density at radius 2 is 1.59 bits per heavy atom. The molecular weight excluding hydrogens is 280 g/mol. The van der Waals surface area contributed by atoms with Gasteiger partial charge in [0, 0.05) is 0 Å². The number of hydrogen-bond acceptors (Lipinski definition) is 4. The Bertz CT molecular complexity index is 642. The van der Waals surface area contributed by atoms with Crippen molar-refractivity contribution in [2.45, 2.75) is 20.5 Å². The number of hydrogen-bond donors (Lipinski definition) is 0. The molecule has 0 bridgehead atoms. The number of Topliss-reactive ketones (excluding diaryl/α,β-unsaturated/α-hetero) is 1. The van der Waals surface area contributed by atoms with E-state index in [9.17, 15) is 9.59 Å². The van der Waals surface area contributed by atoms with Crippen molar-refractivity contribution >= 4 is 11.8 Å². The van der Waals surface area contributed by atoms with Crippen LogP contribution in [0, 0.1) is 6.92 Å².